The Morgan fingerprint density at radius 2 is 2.19 bits per heavy atom. The third kappa shape index (κ3) is 4.53. The second-order valence-corrected chi connectivity index (χ2v) is 8.51. The molecule has 1 fully saturated rings. The van der Waals surface area contributed by atoms with Crippen molar-refractivity contribution in [2.24, 2.45) is 0 Å². The molecule has 1 rings (SSSR count). The number of hydrogen-bond donors (Lipinski definition) is 0. The molecular formula is C9H17ClFO3PS. The molecule has 1 aliphatic rings. The van der Waals surface area contributed by atoms with Crippen molar-refractivity contribution >= 4 is 29.8 Å². The Balaban J connectivity index is 2.42. The van der Waals surface area contributed by atoms with Crippen LogP contribution in [0, 0.1) is 0 Å². The summed E-state index contributed by atoms with van der Waals surface area (Å²) in [5.41, 5.74) is 0. The zero-order valence-corrected chi connectivity index (χ0v) is 11.9. The first-order valence-corrected chi connectivity index (χ1v) is 8.87. The molecule has 0 aliphatic heterocycles. The first-order valence-electron chi connectivity index (χ1n) is 5.36. The summed E-state index contributed by atoms with van der Waals surface area (Å²) >= 11 is 6.60. The second-order valence-electron chi connectivity index (χ2n) is 3.69. The Labute approximate surface area is 105 Å². The van der Waals surface area contributed by atoms with Crippen molar-refractivity contribution < 1.29 is 18.0 Å². The molecule has 0 aromatic rings. The van der Waals surface area contributed by atoms with Crippen LogP contribution in [0.15, 0.2) is 0 Å². The molecule has 0 heterocycles. The van der Waals surface area contributed by atoms with Crippen LogP contribution in [0.2, 0.25) is 0 Å². The van der Waals surface area contributed by atoms with Crippen molar-refractivity contribution in [2.75, 3.05) is 12.4 Å². The van der Waals surface area contributed by atoms with Gasteiger partial charge in [0.15, 0.2) is 5.13 Å². The van der Waals surface area contributed by atoms with Crippen LogP contribution in [0.25, 0.3) is 0 Å². The van der Waals surface area contributed by atoms with E-state index in [1.165, 1.54) is 11.4 Å². The molecule has 7 heteroatoms. The normalized spacial score (nSPS) is 33.1. The summed E-state index contributed by atoms with van der Waals surface area (Å²) in [6.45, 7) is 0.938. The lowest BCUT2D eigenvalue weighted by atomic mass is 9.93. The van der Waals surface area contributed by atoms with Gasteiger partial charge in [-0.15, -0.1) is 0 Å². The molecule has 0 amide bonds. The molecule has 3 nitrogen and oxygen atoms in total. The van der Waals surface area contributed by atoms with Gasteiger partial charge in [-0.05, 0) is 24.7 Å². The summed E-state index contributed by atoms with van der Waals surface area (Å²) in [4.78, 5) is 0. The maximum absolute atomic E-state index is 13.0. The highest BCUT2D eigenvalue weighted by Gasteiger charge is 2.47. The molecule has 1 saturated carbocycles. The van der Waals surface area contributed by atoms with Gasteiger partial charge < -0.3 is 4.52 Å². The SMILES string of the molecule is CCCSP(=O)(OCC)OC1CC(F)(Cl)C1. The smallest absolute Gasteiger partial charge is 0.301 e. The predicted octanol–water partition coefficient (Wildman–Crippen LogP) is 4.36. The van der Waals surface area contributed by atoms with E-state index in [-0.39, 0.29) is 18.9 Å². The topological polar surface area (TPSA) is 35.5 Å². The number of rotatable bonds is 7. The van der Waals surface area contributed by atoms with E-state index in [0.717, 1.165) is 6.42 Å². The van der Waals surface area contributed by atoms with E-state index in [9.17, 15) is 8.96 Å². The maximum Gasteiger partial charge on any atom is 0.389 e. The van der Waals surface area contributed by atoms with Crippen molar-refractivity contribution in [2.45, 2.75) is 44.3 Å². The van der Waals surface area contributed by atoms with Crippen LogP contribution in [0.5, 0.6) is 0 Å². The number of halogens is 2. The Bertz CT molecular complexity index is 269. The van der Waals surface area contributed by atoms with Crippen LogP contribution < -0.4 is 0 Å². The van der Waals surface area contributed by atoms with E-state index < -0.39 is 11.9 Å². The minimum Gasteiger partial charge on any atom is -0.301 e. The molecule has 0 saturated heterocycles. The van der Waals surface area contributed by atoms with E-state index in [1.54, 1.807) is 6.92 Å². The third-order valence-corrected chi connectivity index (χ3v) is 6.49. The minimum atomic E-state index is -3.12. The maximum atomic E-state index is 13.0. The molecule has 0 bridgehead atoms. The lowest BCUT2D eigenvalue weighted by Crippen LogP contribution is -2.39. The van der Waals surface area contributed by atoms with Gasteiger partial charge in [-0.2, -0.15) is 0 Å². The van der Waals surface area contributed by atoms with Gasteiger partial charge in [0, 0.05) is 18.6 Å². The van der Waals surface area contributed by atoms with Crippen LogP contribution >= 0.6 is 29.8 Å². The van der Waals surface area contributed by atoms with E-state index in [0.29, 0.717) is 12.4 Å². The average molecular weight is 291 g/mol. The highest BCUT2D eigenvalue weighted by Crippen LogP contribution is 2.63. The molecular weight excluding hydrogens is 274 g/mol. The van der Waals surface area contributed by atoms with E-state index in [2.05, 4.69) is 0 Å². The zero-order valence-electron chi connectivity index (χ0n) is 9.45. The molecule has 96 valence electrons. The standard InChI is InChI=1S/C9H17ClFO3PS/c1-3-5-16-15(12,13-4-2)14-8-6-9(10,11)7-8/h8H,3-7H2,1-2H3. The fourth-order valence-electron chi connectivity index (χ4n) is 1.32. The van der Waals surface area contributed by atoms with Gasteiger partial charge in [0.25, 0.3) is 0 Å². The lowest BCUT2D eigenvalue weighted by Gasteiger charge is -2.37. The number of hydrogen-bond acceptors (Lipinski definition) is 4. The Morgan fingerprint density at radius 3 is 2.62 bits per heavy atom. The fraction of sp³-hybridized carbons (Fsp3) is 1.00. The van der Waals surface area contributed by atoms with Gasteiger partial charge in [0.05, 0.1) is 12.7 Å². The molecule has 1 aliphatic carbocycles. The van der Waals surface area contributed by atoms with Gasteiger partial charge in [0.2, 0.25) is 0 Å². The Morgan fingerprint density at radius 1 is 1.56 bits per heavy atom. The quantitative estimate of drug-likeness (QED) is 0.515. The van der Waals surface area contributed by atoms with Gasteiger partial charge >= 0.3 is 6.80 Å². The van der Waals surface area contributed by atoms with Crippen molar-refractivity contribution in [3.05, 3.63) is 0 Å². The van der Waals surface area contributed by atoms with E-state index >= 15 is 0 Å². The Hall–Kier alpha value is 0.720. The van der Waals surface area contributed by atoms with Crippen LogP contribution in [-0.4, -0.2) is 23.6 Å². The summed E-state index contributed by atoms with van der Waals surface area (Å²) in [7, 11) is 0. The van der Waals surface area contributed by atoms with Gasteiger partial charge in [-0.1, -0.05) is 18.5 Å². The molecule has 0 N–H and O–H groups in total. The number of alkyl halides is 2. The van der Waals surface area contributed by atoms with Gasteiger partial charge in [-0.3, -0.25) is 4.52 Å². The van der Waals surface area contributed by atoms with Crippen LogP contribution in [0.1, 0.15) is 33.1 Å². The second kappa shape index (κ2) is 6.05. The van der Waals surface area contributed by atoms with Gasteiger partial charge in [0.1, 0.15) is 0 Å². The summed E-state index contributed by atoms with van der Waals surface area (Å²) in [5.74, 6) is 0.700. The fourth-order valence-corrected chi connectivity index (χ4v) is 5.41. The molecule has 0 aromatic carbocycles. The largest absolute Gasteiger partial charge is 0.389 e. The van der Waals surface area contributed by atoms with Crippen molar-refractivity contribution in [1.29, 1.82) is 0 Å². The average Bonchev–Trinajstić information content (AvgIpc) is 2.12. The van der Waals surface area contributed by atoms with Gasteiger partial charge in [-0.25, -0.2) is 8.96 Å². The molecule has 1 atom stereocenters. The van der Waals surface area contributed by atoms with Crippen molar-refractivity contribution in [1.82, 2.24) is 0 Å². The predicted molar refractivity (Wildman–Crippen MR) is 65.8 cm³/mol. The van der Waals surface area contributed by atoms with Crippen molar-refractivity contribution in [3.63, 3.8) is 0 Å². The zero-order chi connectivity index (χ0) is 12.2. The first-order chi connectivity index (χ1) is 7.41. The summed E-state index contributed by atoms with van der Waals surface area (Å²) in [5, 5.41) is -1.68. The highest BCUT2D eigenvalue weighted by molar-refractivity contribution is 8.55. The first kappa shape index (κ1) is 14.8. The monoisotopic (exact) mass is 290 g/mol. The molecule has 1 unspecified atom stereocenters. The molecule has 16 heavy (non-hydrogen) atoms. The molecule has 0 spiro atoms. The van der Waals surface area contributed by atoms with Crippen LogP contribution in [-0.2, 0) is 13.6 Å². The summed E-state index contributed by atoms with van der Waals surface area (Å²) in [6, 6.07) is 0. The lowest BCUT2D eigenvalue weighted by molar-refractivity contribution is 0.00763. The van der Waals surface area contributed by atoms with E-state index in [1.807, 2.05) is 6.92 Å². The molecule has 0 aromatic heterocycles. The minimum absolute atomic E-state index is 0.0817. The summed E-state index contributed by atoms with van der Waals surface area (Å²) < 4.78 is 35.6. The highest BCUT2D eigenvalue weighted by atomic mass is 35.5. The van der Waals surface area contributed by atoms with Crippen molar-refractivity contribution in [3.8, 4) is 0 Å². The third-order valence-electron chi connectivity index (χ3n) is 2.07. The van der Waals surface area contributed by atoms with Crippen LogP contribution in [0.4, 0.5) is 4.39 Å². The van der Waals surface area contributed by atoms with Crippen LogP contribution in [0.3, 0.4) is 0 Å². The Kier molecular flexibility index (Phi) is 5.59. The van der Waals surface area contributed by atoms with E-state index in [4.69, 9.17) is 20.6 Å². The summed E-state index contributed by atoms with van der Waals surface area (Å²) in [6.07, 6.45) is 0.666. The molecule has 0 radical (unpaired) electrons.